The Hall–Kier alpha value is 4.37. The van der Waals surface area contributed by atoms with Crippen LogP contribution < -0.4 is 69.3 Å². The minimum absolute atomic E-state index is 0. The van der Waals surface area contributed by atoms with Crippen molar-refractivity contribution in [2.45, 2.75) is 14.9 Å². The van der Waals surface area contributed by atoms with Crippen LogP contribution in [0.15, 0.2) is 0 Å². The molecule has 0 saturated carbocycles. The number of rotatable bonds is 1. The average Bonchev–Trinajstić information content (AvgIpc) is 2.15. The van der Waals surface area contributed by atoms with Crippen molar-refractivity contribution in [3.05, 3.63) is 0 Å². The topological polar surface area (TPSA) is 102 Å². The molecule has 13 heavy (non-hydrogen) atoms. The van der Waals surface area contributed by atoms with E-state index >= 15 is 0 Å². The van der Waals surface area contributed by atoms with Crippen LogP contribution in [0.25, 0.3) is 0 Å². The minimum Gasteiger partial charge on any atom is -0.870 e. The Morgan fingerprint density at radius 3 is 1.62 bits per heavy atom. The quantitative estimate of drug-likeness (QED) is 0.205. The van der Waals surface area contributed by atoms with Gasteiger partial charge < -0.3 is 15.6 Å². The van der Waals surface area contributed by atoms with Crippen LogP contribution in [0.5, 0.6) is 0 Å². The van der Waals surface area contributed by atoms with E-state index in [9.17, 15) is 0 Å². The SMILES string of the molecule is C.C.O=[P+]([O-])O[O-].[2H]P.[2H][3H].[Na+].[Na+].[Na][Na].[OH-]. The Kier molecular flexibility index (Phi) is 153. The molecule has 2 atom stereocenters. The van der Waals surface area contributed by atoms with Crippen molar-refractivity contribution >= 4 is 61.7 Å². The minimum atomic E-state index is -3.15. The van der Waals surface area contributed by atoms with Gasteiger partial charge in [-0.25, -0.2) is 4.67 Å². The van der Waals surface area contributed by atoms with Gasteiger partial charge in [-0.05, 0) is 4.57 Å². The Labute approximate surface area is 161 Å². The predicted octanol–water partition coefficient (Wildman–Crippen LogP) is -7.06. The van der Waals surface area contributed by atoms with Crippen molar-refractivity contribution in [2.75, 3.05) is 0 Å². The molecule has 0 aromatic carbocycles. The van der Waals surface area contributed by atoms with E-state index < -0.39 is 8.25 Å². The molecule has 0 aromatic heterocycles. The molecule has 0 rings (SSSR count). The standard InChI is InChI=1S/2CH4.4Na.HO4P.H2O.H3P.H2/c;;;;;;1-4-5(2)3;;;/h2*1H4;;;;;1H;1H2;1H3;1H/q;;;;2*+1;;;;/p-2/i;;;;;;;;1D;1+2D. The first-order valence-electron chi connectivity index (χ1n) is 3.29. The number of hydrogen-bond donors (Lipinski definition) is 0. The molecule has 0 saturated heterocycles. The molecule has 0 fully saturated rings. The first-order chi connectivity index (χ1) is 5.27. The van der Waals surface area contributed by atoms with Gasteiger partial charge in [-0.15, -0.1) is 0 Å². The molecule has 0 heterocycles. The molecule has 0 amide bonds. The summed E-state index contributed by atoms with van der Waals surface area (Å²) in [5.41, 5.74) is 0. The Morgan fingerprint density at radius 1 is 1.54 bits per heavy atom. The maximum atomic E-state index is 8.87. The first-order valence-corrected chi connectivity index (χ1v) is 10.8. The summed E-state index contributed by atoms with van der Waals surface area (Å²) >= 11 is 2.89. The van der Waals surface area contributed by atoms with E-state index in [0.29, 0.717) is 0 Å². The summed E-state index contributed by atoms with van der Waals surface area (Å²) in [7, 11) is -1.49. The van der Waals surface area contributed by atoms with E-state index in [-0.39, 0.29) is 79.4 Å². The molecule has 1 N–H and O–H groups in total. The van der Waals surface area contributed by atoms with E-state index in [1.54, 1.807) is 9.84 Å². The summed E-state index contributed by atoms with van der Waals surface area (Å²) in [5.74, 6) is 0. The van der Waals surface area contributed by atoms with Crippen molar-refractivity contribution in [3.63, 3.8) is 0 Å². The zero-order chi connectivity index (χ0) is 10.3. The second-order valence-electron chi connectivity index (χ2n) is 0.298. The fraction of sp³-hybridized carbons (Fsp3) is 1.00. The second-order valence-corrected chi connectivity index (χ2v) is 0.894. The predicted molar refractivity (Wildman–Crippen MR) is 48.8 cm³/mol. The first kappa shape index (κ1) is 36.0. The fourth-order valence-corrected chi connectivity index (χ4v) is 0. The summed E-state index contributed by atoms with van der Waals surface area (Å²) in [4.78, 5) is 8.87. The zero-order valence-electron chi connectivity index (χ0n) is 10.1. The third kappa shape index (κ3) is 83.3. The smallest absolute Gasteiger partial charge is 0.870 e. The largest absolute Gasteiger partial charge is 0.870 e. The van der Waals surface area contributed by atoms with Crippen molar-refractivity contribution in [3.8, 4) is 0 Å². The van der Waals surface area contributed by atoms with Crippen molar-refractivity contribution in [1.29, 1.82) is 1.28 Å². The average molecular weight is 276 g/mol. The molecule has 5 nitrogen and oxygen atoms in total. The summed E-state index contributed by atoms with van der Waals surface area (Å²) in [6, 6.07) is 0. The maximum Gasteiger partial charge on any atom is -0.870 e. The molecule has 2 unspecified atom stereocenters. The zero-order valence-corrected chi connectivity index (χ0v) is 17.2. The molecule has 11 heteroatoms. The molecule has 0 aliphatic rings. The van der Waals surface area contributed by atoms with Crippen LogP contribution in [0.1, 0.15) is 17.8 Å². The fourth-order valence-electron chi connectivity index (χ4n) is 0. The van der Waals surface area contributed by atoms with E-state index in [1.807, 2.05) is 0 Å². The van der Waals surface area contributed by atoms with Gasteiger partial charge in [0.25, 0.3) is 0 Å². The molecular weight excluding hydrogens is 258 g/mol. The Morgan fingerprint density at radius 2 is 1.62 bits per heavy atom. The maximum absolute atomic E-state index is 8.87. The van der Waals surface area contributed by atoms with Crippen LogP contribution in [-0.2, 0) is 9.24 Å². The molecule has 66 valence electrons. The molecule has 0 spiro atoms. The van der Waals surface area contributed by atoms with Gasteiger partial charge in [0.1, 0.15) is 0 Å². The molecule has 0 aromatic rings. The van der Waals surface area contributed by atoms with Gasteiger partial charge in [0.2, 0.25) is 0 Å². The summed E-state index contributed by atoms with van der Waals surface area (Å²) in [6.07, 6.45) is 0. The molecule has 0 bridgehead atoms. The van der Waals surface area contributed by atoms with Crippen LogP contribution in [0, 0.1) is 0 Å². The Bertz CT molecular complexity index is 70.9. The van der Waals surface area contributed by atoms with E-state index in [0.717, 1.165) is 0 Å². The van der Waals surface area contributed by atoms with E-state index in [1.165, 1.54) is 43.6 Å². The van der Waals surface area contributed by atoms with E-state index in [4.69, 9.17) is 19.0 Å². The number of hydrogen-bond acceptors (Lipinski definition) is 5. The molecule has 0 radical (unpaired) electrons. The van der Waals surface area contributed by atoms with Gasteiger partial charge in [-0.3, -0.25) is 0 Å². The Balaban J connectivity index is -0.00000000578. The van der Waals surface area contributed by atoms with Crippen LogP contribution in [0.2, 0.25) is 0 Å². The van der Waals surface area contributed by atoms with Crippen LogP contribution in [0.3, 0.4) is 0 Å². The van der Waals surface area contributed by atoms with Crippen molar-refractivity contribution < 1.29 is 87.0 Å². The third-order valence-electron chi connectivity index (χ3n) is 0.0609. The summed E-state index contributed by atoms with van der Waals surface area (Å²) < 4.78 is 27.0. The summed E-state index contributed by atoms with van der Waals surface area (Å²) in [5, 5.41) is 8.53. The van der Waals surface area contributed by atoms with Crippen LogP contribution in [-0.4, -0.2) is 50.4 Å². The molecule has 0 aliphatic heterocycles. The molecular formula is C2H14Na4O5P2. The third-order valence-corrected chi connectivity index (χ3v) is 0.183. The van der Waals surface area contributed by atoms with Gasteiger partial charge in [0.05, 0.1) is 1.28 Å². The van der Waals surface area contributed by atoms with Gasteiger partial charge in [0.15, 0.2) is 0 Å². The van der Waals surface area contributed by atoms with Gasteiger partial charge in [0, 0.05) is 2.97 Å². The van der Waals surface area contributed by atoms with Crippen LogP contribution in [0.4, 0.5) is 0 Å². The van der Waals surface area contributed by atoms with Gasteiger partial charge in [-0.2, -0.15) is 9.84 Å². The molecule has 0 aliphatic carbocycles. The van der Waals surface area contributed by atoms with Crippen molar-refractivity contribution in [1.82, 2.24) is 0 Å². The van der Waals surface area contributed by atoms with Gasteiger partial charge >= 0.3 is 111 Å². The monoisotopic (exact) mass is 276 g/mol. The normalized spacial score (nSPS) is 6.08. The van der Waals surface area contributed by atoms with E-state index in [2.05, 4.69) is 4.67 Å². The second kappa shape index (κ2) is 55.2. The van der Waals surface area contributed by atoms with Crippen molar-refractivity contribution in [2.24, 2.45) is 0 Å². The van der Waals surface area contributed by atoms with Gasteiger partial charge in [-0.1, -0.05) is 14.9 Å². The van der Waals surface area contributed by atoms with Crippen LogP contribution >= 0.6 is 18.1 Å². The summed E-state index contributed by atoms with van der Waals surface area (Å²) in [6.45, 7) is 0.